The molecule has 5 nitrogen and oxygen atoms in total. The molecule has 0 aliphatic carbocycles. The van der Waals surface area contributed by atoms with Crippen molar-refractivity contribution in [3.05, 3.63) is 53.8 Å². The Hall–Kier alpha value is -2.12. The highest BCUT2D eigenvalue weighted by molar-refractivity contribution is 7.89. The van der Waals surface area contributed by atoms with E-state index in [0.29, 0.717) is 11.5 Å². The van der Waals surface area contributed by atoms with Crippen molar-refractivity contribution in [2.45, 2.75) is 30.8 Å². The summed E-state index contributed by atoms with van der Waals surface area (Å²) in [5.41, 5.74) is 0.806. The van der Waals surface area contributed by atoms with Crippen LogP contribution < -0.4 is 14.2 Å². The molecule has 1 aliphatic heterocycles. The molecule has 0 bridgehead atoms. The number of sulfonamides is 1. The van der Waals surface area contributed by atoms with Crippen LogP contribution in [0.2, 0.25) is 0 Å². The number of ether oxygens (including phenoxy) is 2. The van der Waals surface area contributed by atoms with Gasteiger partial charge in [0.15, 0.2) is 11.5 Å². The van der Waals surface area contributed by atoms with Gasteiger partial charge >= 0.3 is 0 Å². The second kappa shape index (κ2) is 6.65. The summed E-state index contributed by atoms with van der Waals surface area (Å²) < 4.78 is 51.1. The van der Waals surface area contributed by atoms with Crippen LogP contribution in [-0.4, -0.2) is 27.2 Å². The number of halogens is 1. The third kappa shape index (κ3) is 4.11. The van der Waals surface area contributed by atoms with Crippen LogP contribution in [0.3, 0.4) is 0 Å². The quantitative estimate of drug-likeness (QED) is 0.800. The summed E-state index contributed by atoms with van der Waals surface area (Å²) >= 11 is 0. The zero-order valence-corrected chi connectivity index (χ0v) is 14.9. The minimum absolute atomic E-state index is 0.0135. The molecule has 1 aliphatic rings. The van der Waals surface area contributed by atoms with Crippen molar-refractivity contribution in [3.8, 4) is 11.5 Å². The third-order valence-electron chi connectivity index (χ3n) is 3.83. The summed E-state index contributed by atoms with van der Waals surface area (Å²) in [5, 5.41) is 0. The van der Waals surface area contributed by atoms with Crippen LogP contribution in [0.15, 0.2) is 47.4 Å². The van der Waals surface area contributed by atoms with Gasteiger partial charge in [-0.05, 0) is 44.2 Å². The lowest BCUT2D eigenvalue weighted by Gasteiger charge is -2.18. The van der Waals surface area contributed by atoms with Gasteiger partial charge in [-0.3, -0.25) is 0 Å². The van der Waals surface area contributed by atoms with E-state index < -0.39 is 15.8 Å². The smallest absolute Gasteiger partial charge is 0.240 e. The van der Waals surface area contributed by atoms with Crippen molar-refractivity contribution in [1.29, 1.82) is 0 Å². The number of hydrogen-bond donors (Lipinski definition) is 1. The molecule has 2 aromatic carbocycles. The number of hydrogen-bond acceptors (Lipinski definition) is 4. The Morgan fingerprint density at radius 1 is 1.20 bits per heavy atom. The Morgan fingerprint density at radius 2 is 1.92 bits per heavy atom. The monoisotopic (exact) mass is 365 g/mol. The van der Waals surface area contributed by atoms with Crippen LogP contribution in [0, 0.1) is 5.82 Å². The van der Waals surface area contributed by atoms with E-state index in [4.69, 9.17) is 9.47 Å². The van der Waals surface area contributed by atoms with Crippen molar-refractivity contribution in [2.75, 3.05) is 13.2 Å². The van der Waals surface area contributed by atoms with Gasteiger partial charge < -0.3 is 9.47 Å². The standard InChI is InChI=1S/C18H20FNO4S/c1-18(2)12-13-4-3-5-16(17(13)24-18)23-11-10-20-25(21,22)15-8-6-14(19)7-9-15/h3-9,20H,10-12H2,1-2H3. The van der Waals surface area contributed by atoms with E-state index in [2.05, 4.69) is 4.72 Å². The zero-order valence-electron chi connectivity index (χ0n) is 14.1. The summed E-state index contributed by atoms with van der Waals surface area (Å²) in [6.45, 7) is 4.26. The predicted octanol–water partition coefficient (Wildman–Crippen LogP) is 2.90. The molecule has 0 radical (unpaired) electrons. The van der Waals surface area contributed by atoms with Gasteiger partial charge in [0.05, 0.1) is 4.90 Å². The normalized spacial score (nSPS) is 15.5. The van der Waals surface area contributed by atoms with Crippen molar-refractivity contribution in [1.82, 2.24) is 4.72 Å². The molecule has 0 saturated heterocycles. The molecule has 0 atom stereocenters. The van der Waals surface area contributed by atoms with Crippen LogP contribution in [0.1, 0.15) is 19.4 Å². The van der Waals surface area contributed by atoms with Gasteiger partial charge in [0.2, 0.25) is 10.0 Å². The minimum Gasteiger partial charge on any atom is -0.488 e. The average molecular weight is 365 g/mol. The van der Waals surface area contributed by atoms with Crippen molar-refractivity contribution >= 4 is 10.0 Å². The Morgan fingerprint density at radius 3 is 2.64 bits per heavy atom. The Kier molecular flexibility index (Phi) is 4.71. The molecule has 0 aromatic heterocycles. The fraction of sp³-hybridized carbons (Fsp3) is 0.333. The first-order chi connectivity index (χ1) is 11.8. The molecule has 0 fully saturated rings. The van der Waals surface area contributed by atoms with Crippen LogP contribution in [0.25, 0.3) is 0 Å². The topological polar surface area (TPSA) is 64.6 Å². The predicted molar refractivity (Wildman–Crippen MR) is 91.9 cm³/mol. The van der Waals surface area contributed by atoms with Gasteiger partial charge in [0.25, 0.3) is 0 Å². The van der Waals surface area contributed by atoms with Gasteiger partial charge in [-0.1, -0.05) is 12.1 Å². The largest absolute Gasteiger partial charge is 0.488 e. The average Bonchev–Trinajstić information content (AvgIpc) is 2.86. The molecule has 0 unspecified atom stereocenters. The van der Waals surface area contributed by atoms with Gasteiger partial charge in [-0.2, -0.15) is 0 Å². The first kappa shape index (κ1) is 17.7. The van der Waals surface area contributed by atoms with Crippen LogP contribution in [-0.2, 0) is 16.4 Å². The summed E-state index contributed by atoms with van der Waals surface area (Å²) in [6, 6.07) is 10.3. The van der Waals surface area contributed by atoms with Gasteiger partial charge in [0, 0.05) is 18.5 Å². The van der Waals surface area contributed by atoms with E-state index in [0.717, 1.165) is 24.1 Å². The molecule has 0 spiro atoms. The van der Waals surface area contributed by atoms with E-state index in [-0.39, 0.29) is 23.6 Å². The van der Waals surface area contributed by atoms with Gasteiger partial charge in [-0.25, -0.2) is 17.5 Å². The number of nitrogens with one attached hydrogen (secondary N) is 1. The van der Waals surface area contributed by atoms with Crippen molar-refractivity contribution < 1.29 is 22.3 Å². The number of benzene rings is 2. The Labute approximate surface area is 146 Å². The highest BCUT2D eigenvalue weighted by atomic mass is 32.2. The highest BCUT2D eigenvalue weighted by Gasteiger charge is 2.32. The van der Waals surface area contributed by atoms with E-state index in [9.17, 15) is 12.8 Å². The molecule has 25 heavy (non-hydrogen) atoms. The fourth-order valence-electron chi connectivity index (χ4n) is 2.74. The lowest BCUT2D eigenvalue weighted by atomic mass is 10.0. The summed E-state index contributed by atoms with van der Waals surface area (Å²) in [7, 11) is -3.69. The van der Waals surface area contributed by atoms with Gasteiger partial charge in [-0.15, -0.1) is 0 Å². The fourth-order valence-corrected chi connectivity index (χ4v) is 3.75. The molecule has 2 aromatic rings. The first-order valence-corrected chi connectivity index (χ1v) is 9.44. The SMILES string of the molecule is CC1(C)Cc2cccc(OCCNS(=O)(=O)c3ccc(F)cc3)c2O1. The molecule has 3 rings (SSSR count). The van der Waals surface area contributed by atoms with E-state index in [1.807, 2.05) is 26.0 Å². The van der Waals surface area contributed by atoms with E-state index >= 15 is 0 Å². The zero-order chi connectivity index (χ0) is 18.1. The van der Waals surface area contributed by atoms with Crippen LogP contribution >= 0.6 is 0 Å². The first-order valence-electron chi connectivity index (χ1n) is 7.96. The second-order valence-corrected chi connectivity index (χ2v) is 8.25. The third-order valence-corrected chi connectivity index (χ3v) is 5.31. The van der Waals surface area contributed by atoms with E-state index in [1.165, 1.54) is 12.1 Å². The molecule has 0 saturated carbocycles. The van der Waals surface area contributed by atoms with Crippen LogP contribution in [0.5, 0.6) is 11.5 Å². The molecule has 134 valence electrons. The molecule has 1 heterocycles. The molecule has 0 amide bonds. The van der Waals surface area contributed by atoms with Crippen molar-refractivity contribution in [2.24, 2.45) is 0 Å². The van der Waals surface area contributed by atoms with Crippen LogP contribution in [0.4, 0.5) is 4.39 Å². The summed E-state index contributed by atoms with van der Waals surface area (Å²) in [6.07, 6.45) is 0.802. The maximum Gasteiger partial charge on any atom is 0.240 e. The van der Waals surface area contributed by atoms with E-state index in [1.54, 1.807) is 6.07 Å². The molecule has 1 N–H and O–H groups in total. The van der Waals surface area contributed by atoms with Crippen molar-refractivity contribution in [3.63, 3.8) is 0 Å². The molecule has 7 heteroatoms. The summed E-state index contributed by atoms with van der Waals surface area (Å²) in [5.74, 6) is 0.834. The maximum atomic E-state index is 12.9. The minimum atomic E-state index is -3.69. The summed E-state index contributed by atoms with van der Waals surface area (Å²) in [4.78, 5) is 0.0135. The number of para-hydroxylation sites is 1. The molecular formula is C18H20FNO4S. The highest BCUT2D eigenvalue weighted by Crippen LogP contribution is 2.41. The maximum absolute atomic E-state index is 12.9. The number of fused-ring (bicyclic) bond motifs is 1. The molecular weight excluding hydrogens is 345 g/mol. The number of rotatable bonds is 6. The second-order valence-electron chi connectivity index (χ2n) is 6.48. The Bertz CT molecular complexity index is 863. The lowest BCUT2D eigenvalue weighted by Crippen LogP contribution is -2.28. The lowest BCUT2D eigenvalue weighted by molar-refractivity contribution is 0.132. The van der Waals surface area contributed by atoms with Gasteiger partial charge in [0.1, 0.15) is 18.0 Å². The Balaban J connectivity index is 1.58.